The normalized spacial score (nSPS) is 20.1. The van der Waals surface area contributed by atoms with Crippen molar-refractivity contribution in [3.63, 3.8) is 0 Å². The minimum Gasteiger partial charge on any atom is -0.298 e. The van der Waals surface area contributed by atoms with Crippen LogP contribution in [0.25, 0.3) is 5.65 Å². The predicted octanol–water partition coefficient (Wildman–Crippen LogP) is 1.96. The molecule has 3 rings (SSSR count). The summed E-state index contributed by atoms with van der Waals surface area (Å²) in [6.45, 7) is 5.66. The Balaban J connectivity index is 1.82. The number of fused-ring (bicyclic) bond motifs is 1. The lowest BCUT2D eigenvalue weighted by molar-refractivity contribution is 0.112. The van der Waals surface area contributed by atoms with E-state index in [-0.39, 0.29) is 0 Å². The zero-order chi connectivity index (χ0) is 14.1. The van der Waals surface area contributed by atoms with Crippen molar-refractivity contribution in [2.24, 2.45) is 0 Å². The minimum atomic E-state index is 0.540. The van der Waals surface area contributed by atoms with Gasteiger partial charge < -0.3 is 0 Å². The van der Waals surface area contributed by atoms with Gasteiger partial charge in [0.2, 0.25) is 0 Å². The Morgan fingerprint density at radius 3 is 3.10 bits per heavy atom. The van der Waals surface area contributed by atoms with Crippen molar-refractivity contribution in [3.05, 3.63) is 29.7 Å². The third-order valence-corrected chi connectivity index (χ3v) is 4.05. The Kier molecular flexibility index (Phi) is 3.53. The molecule has 0 saturated carbocycles. The molecule has 1 atom stereocenters. The number of nitrogens with zero attached hydrogens (tertiary/aromatic N) is 4. The zero-order valence-corrected chi connectivity index (χ0v) is 12.0. The summed E-state index contributed by atoms with van der Waals surface area (Å²) < 4.78 is 1.75. The van der Waals surface area contributed by atoms with Gasteiger partial charge in [-0.3, -0.25) is 9.69 Å². The summed E-state index contributed by atoms with van der Waals surface area (Å²) in [6.07, 6.45) is 5.99. The molecule has 1 fully saturated rings. The number of pyridine rings is 1. The number of aromatic nitrogens is 3. The van der Waals surface area contributed by atoms with Crippen LogP contribution in [0.1, 0.15) is 42.9 Å². The fourth-order valence-corrected chi connectivity index (χ4v) is 3.07. The summed E-state index contributed by atoms with van der Waals surface area (Å²) in [7, 11) is 0. The van der Waals surface area contributed by atoms with E-state index in [9.17, 15) is 4.79 Å². The molecule has 1 aliphatic heterocycles. The Hall–Kier alpha value is -1.75. The van der Waals surface area contributed by atoms with Crippen LogP contribution in [0, 0.1) is 0 Å². The third kappa shape index (κ3) is 2.45. The number of likely N-dealkylation sites (tertiary alicyclic amines) is 1. The van der Waals surface area contributed by atoms with Gasteiger partial charge in [-0.1, -0.05) is 0 Å². The topological polar surface area (TPSA) is 50.5 Å². The fraction of sp³-hybridized carbons (Fsp3) is 0.533. The second-order valence-electron chi connectivity index (χ2n) is 5.74. The van der Waals surface area contributed by atoms with Crippen LogP contribution < -0.4 is 0 Å². The van der Waals surface area contributed by atoms with E-state index < -0.39 is 0 Å². The van der Waals surface area contributed by atoms with E-state index in [0.29, 0.717) is 17.6 Å². The molecule has 1 unspecified atom stereocenters. The molecule has 106 valence electrons. The molecule has 0 radical (unpaired) electrons. The molecule has 0 spiro atoms. The van der Waals surface area contributed by atoms with Gasteiger partial charge in [0.15, 0.2) is 11.5 Å². The van der Waals surface area contributed by atoms with Gasteiger partial charge >= 0.3 is 0 Å². The number of hydrogen-bond donors (Lipinski definition) is 0. The molecule has 1 saturated heterocycles. The largest absolute Gasteiger partial charge is 0.298 e. The Morgan fingerprint density at radius 1 is 1.50 bits per heavy atom. The van der Waals surface area contributed by atoms with Crippen molar-refractivity contribution in [2.75, 3.05) is 6.54 Å². The molecule has 5 heteroatoms. The molecule has 0 amide bonds. The van der Waals surface area contributed by atoms with E-state index >= 15 is 0 Å². The van der Waals surface area contributed by atoms with E-state index in [0.717, 1.165) is 24.2 Å². The van der Waals surface area contributed by atoms with Crippen LogP contribution >= 0.6 is 0 Å². The third-order valence-electron chi connectivity index (χ3n) is 4.05. The highest BCUT2D eigenvalue weighted by molar-refractivity contribution is 5.76. The van der Waals surface area contributed by atoms with Crippen molar-refractivity contribution < 1.29 is 4.79 Å². The Morgan fingerprint density at radius 2 is 2.35 bits per heavy atom. The summed E-state index contributed by atoms with van der Waals surface area (Å²) in [5, 5.41) is 4.51. The van der Waals surface area contributed by atoms with Crippen molar-refractivity contribution >= 4 is 11.9 Å². The lowest BCUT2D eigenvalue weighted by Gasteiger charge is -2.27. The van der Waals surface area contributed by atoms with Crippen LogP contribution in [0.3, 0.4) is 0 Å². The smallest absolute Gasteiger partial charge is 0.156 e. The standard InChI is InChI=1S/C15H20N4O/c1-11(2)18-6-3-4-13(18)9-14-16-15-8-12(10-20)5-7-19(15)17-14/h5,7-8,10-11,13H,3-4,6,9H2,1-2H3. The molecule has 0 aromatic carbocycles. The van der Waals surface area contributed by atoms with Gasteiger partial charge in [-0.25, -0.2) is 9.50 Å². The molecule has 2 aromatic rings. The second kappa shape index (κ2) is 5.32. The molecular formula is C15H20N4O. The maximum absolute atomic E-state index is 10.8. The summed E-state index contributed by atoms with van der Waals surface area (Å²) in [4.78, 5) is 17.9. The SMILES string of the molecule is CC(C)N1CCCC1Cc1nc2cc(C=O)ccn2n1. The van der Waals surface area contributed by atoms with Gasteiger partial charge in [0.1, 0.15) is 6.29 Å². The maximum Gasteiger partial charge on any atom is 0.156 e. The molecule has 2 aromatic heterocycles. The van der Waals surface area contributed by atoms with E-state index in [1.54, 1.807) is 22.8 Å². The van der Waals surface area contributed by atoms with Crippen LogP contribution in [0.5, 0.6) is 0 Å². The highest BCUT2D eigenvalue weighted by atomic mass is 16.1. The van der Waals surface area contributed by atoms with Crippen LogP contribution in [0.15, 0.2) is 18.3 Å². The first kappa shape index (κ1) is 13.2. The van der Waals surface area contributed by atoms with Gasteiger partial charge in [-0.15, -0.1) is 0 Å². The van der Waals surface area contributed by atoms with Gasteiger partial charge in [0.25, 0.3) is 0 Å². The lowest BCUT2D eigenvalue weighted by Crippen LogP contribution is -2.36. The number of aldehydes is 1. The van der Waals surface area contributed by atoms with Crippen molar-refractivity contribution in [1.29, 1.82) is 0 Å². The summed E-state index contributed by atoms with van der Waals surface area (Å²) >= 11 is 0. The molecular weight excluding hydrogens is 252 g/mol. The molecule has 3 heterocycles. The summed E-state index contributed by atoms with van der Waals surface area (Å²) in [6, 6.07) is 4.64. The average molecular weight is 272 g/mol. The molecule has 5 nitrogen and oxygen atoms in total. The lowest BCUT2D eigenvalue weighted by atomic mass is 10.1. The summed E-state index contributed by atoms with van der Waals surface area (Å²) in [5.74, 6) is 0.866. The van der Waals surface area contributed by atoms with Gasteiger partial charge in [-0.2, -0.15) is 5.10 Å². The van der Waals surface area contributed by atoms with Gasteiger partial charge in [0, 0.05) is 30.3 Å². The average Bonchev–Trinajstić information content (AvgIpc) is 3.03. The summed E-state index contributed by atoms with van der Waals surface area (Å²) in [5.41, 5.74) is 1.39. The maximum atomic E-state index is 10.8. The minimum absolute atomic E-state index is 0.540. The Bertz CT molecular complexity index is 619. The molecule has 0 bridgehead atoms. The predicted molar refractivity (Wildman–Crippen MR) is 76.9 cm³/mol. The van der Waals surface area contributed by atoms with Crippen LogP contribution in [-0.4, -0.2) is 44.4 Å². The second-order valence-corrected chi connectivity index (χ2v) is 5.74. The molecule has 20 heavy (non-hydrogen) atoms. The molecule has 0 N–H and O–H groups in total. The quantitative estimate of drug-likeness (QED) is 0.798. The highest BCUT2D eigenvalue weighted by Gasteiger charge is 2.27. The van der Waals surface area contributed by atoms with E-state index in [4.69, 9.17) is 0 Å². The van der Waals surface area contributed by atoms with Crippen LogP contribution in [-0.2, 0) is 6.42 Å². The first-order valence-corrected chi connectivity index (χ1v) is 7.23. The molecule has 1 aliphatic rings. The fourth-order valence-electron chi connectivity index (χ4n) is 3.07. The first-order valence-electron chi connectivity index (χ1n) is 7.23. The number of carbonyl (C=O) groups is 1. The van der Waals surface area contributed by atoms with E-state index in [2.05, 4.69) is 28.8 Å². The molecule has 0 aliphatic carbocycles. The van der Waals surface area contributed by atoms with Gasteiger partial charge in [-0.05, 0) is 45.4 Å². The first-order chi connectivity index (χ1) is 9.67. The monoisotopic (exact) mass is 272 g/mol. The van der Waals surface area contributed by atoms with E-state index in [1.807, 2.05) is 0 Å². The van der Waals surface area contributed by atoms with Crippen molar-refractivity contribution in [3.8, 4) is 0 Å². The Labute approximate surface area is 118 Å². The van der Waals surface area contributed by atoms with Crippen molar-refractivity contribution in [2.45, 2.75) is 45.2 Å². The number of carbonyl (C=O) groups excluding carboxylic acids is 1. The van der Waals surface area contributed by atoms with Crippen LogP contribution in [0.4, 0.5) is 0 Å². The van der Waals surface area contributed by atoms with E-state index in [1.165, 1.54) is 19.4 Å². The van der Waals surface area contributed by atoms with Crippen molar-refractivity contribution in [1.82, 2.24) is 19.5 Å². The highest BCUT2D eigenvalue weighted by Crippen LogP contribution is 2.22. The van der Waals surface area contributed by atoms with Crippen LogP contribution in [0.2, 0.25) is 0 Å². The number of hydrogen-bond acceptors (Lipinski definition) is 4. The van der Waals surface area contributed by atoms with Gasteiger partial charge in [0.05, 0.1) is 0 Å². The zero-order valence-electron chi connectivity index (χ0n) is 12.0. The number of rotatable bonds is 4.